The summed E-state index contributed by atoms with van der Waals surface area (Å²) in [7, 11) is 0. The fourth-order valence-corrected chi connectivity index (χ4v) is 2.13. The molecule has 0 bridgehead atoms. The first-order valence-electron chi connectivity index (χ1n) is 4.79. The predicted molar refractivity (Wildman–Crippen MR) is 72.8 cm³/mol. The lowest BCUT2D eigenvalue weighted by molar-refractivity contribution is -0.385. The van der Waals surface area contributed by atoms with Crippen LogP contribution in [0.4, 0.5) is 5.69 Å². The minimum Gasteiger partial charge on any atom is -0.454 e. The van der Waals surface area contributed by atoms with Gasteiger partial charge in [0.1, 0.15) is 16.0 Å². The van der Waals surface area contributed by atoms with Gasteiger partial charge in [0.2, 0.25) is 0 Å². The lowest BCUT2D eigenvalue weighted by Gasteiger charge is -2.07. The van der Waals surface area contributed by atoms with Gasteiger partial charge in [0.25, 0.3) is 5.69 Å². The molecular formula is C11H6Br2N2O3. The Kier molecular flexibility index (Phi) is 3.93. The van der Waals surface area contributed by atoms with Crippen molar-refractivity contribution in [2.75, 3.05) is 0 Å². The van der Waals surface area contributed by atoms with Gasteiger partial charge in [0.05, 0.1) is 11.1 Å². The zero-order valence-corrected chi connectivity index (χ0v) is 12.0. The standard InChI is InChI=1S/C11H6Br2N2O3/c12-7-4-8(6-14-5-7)18-10-3-1-2-9(11(10)13)15(16)17/h1-6H. The number of hydrogen-bond donors (Lipinski definition) is 0. The van der Waals surface area contributed by atoms with Crippen molar-refractivity contribution in [2.45, 2.75) is 0 Å². The van der Waals surface area contributed by atoms with Gasteiger partial charge in [0, 0.05) is 16.7 Å². The highest BCUT2D eigenvalue weighted by molar-refractivity contribution is 9.11. The van der Waals surface area contributed by atoms with E-state index in [-0.39, 0.29) is 5.69 Å². The number of nitro benzene ring substituents is 1. The van der Waals surface area contributed by atoms with Crippen LogP contribution in [0.15, 0.2) is 45.6 Å². The van der Waals surface area contributed by atoms with Crippen LogP contribution in [-0.4, -0.2) is 9.91 Å². The molecule has 0 aliphatic carbocycles. The third-order valence-electron chi connectivity index (χ3n) is 2.05. The first-order chi connectivity index (χ1) is 8.58. The highest BCUT2D eigenvalue weighted by atomic mass is 79.9. The quantitative estimate of drug-likeness (QED) is 0.594. The number of ether oxygens (including phenoxy) is 1. The van der Waals surface area contributed by atoms with Crippen molar-refractivity contribution in [1.82, 2.24) is 4.98 Å². The van der Waals surface area contributed by atoms with Crippen LogP contribution in [0.3, 0.4) is 0 Å². The van der Waals surface area contributed by atoms with E-state index in [1.54, 1.807) is 24.4 Å². The summed E-state index contributed by atoms with van der Waals surface area (Å²) in [6.45, 7) is 0. The summed E-state index contributed by atoms with van der Waals surface area (Å²) in [5.74, 6) is 0.856. The Morgan fingerprint density at radius 3 is 2.72 bits per heavy atom. The number of nitro groups is 1. The minimum atomic E-state index is -0.476. The molecule has 0 aliphatic heterocycles. The van der Waals surface area contributed by atoms with Crippen LogP contribution in [-0.2, 0) is 0 Å². The molecule has 7 heteroatoms. The van der Waals surface area contributed by atoms with E-state index >= 15 is 0 Å². The summed E-state index contributed by atoms with van der Waals surface area (Å²) in [6, 6.07) is 6.32. The molecule has 2 aromatic rings. The largest absolute Gasteiger partial charge is 0.454 e. The smallest absolute Gasteiger partial charge is 0.287 e. The molecule has 0 unspecified atom stereocenters. The molecule has 0 fully saturated rings. The van der Waals surface area contributed by atoms with Crippen LogP contribution < -0.4 is 4.74 Å². The summed E-state index contributed by atoms with van der Waals surface area (Å²) in [5.41, 5.74) is -0.0459. The molecule has 2 rings (SSSR count). The molecule has 0 saturated carbocycles. The second-order valence-corrected chi connectivity index (χ2v) is 5.00. The van der Waals surface area contributed by atoms with Crippen LogP contribution in [0.2, 0.25) is 0 Å². The van der Waals surface area contributed by atoms with Crippen molar-refractivity contribution in [1.29, 1.82) is 0 Å². The van der Waals surface area contributed by atoms with E-state index in [1.807, 2.05) is 0 Å². The molecule has 0 spiro atoms. The van der Waals surface area contributed by atoms with Crippen LogP contribution in [0.25, 0.3) is 0 Å². The van der Waals surface area contributed by atoms with Crippen molar-refractivity contribution in [3.63, 3.8) is 0 Å². The summed E-state index contributed by atoms with van der Waals surface area (Å²) >= 11 is 6.43. The van der Waals surface area contributed by atoms with Gasteiger partial charge >= 0.3 is 0 Å². The van der Waals surface area contributed by atoms with E-state index in [9.17, 15) is 10.1 Å². The lowest BCUT2D eigenvalue weighted by Crippen LogP contribution is -1.92. The maximum absolute atomic E-state index is 10.8. The summed E-state index contributed by atoms with van der Waals surface area (Å²) < 4.78 is 6.60. The summed E-state index contributed by atoms with van der Waals surface area (Å²) in [4.78, 5) is 14.3. The molecule has 92 valence electrons. The number of pyridine rings is 1. The number of halogens is 2. The van der Waals surface area contributed by atoms with Gasteiger partial charge < -0.3 is 4.74 Å². The van der Waals surface area contributed by atoms with Crippen molar-refractivity contribution < 1.29 is 9.66 Å². The van der Waals surface area contributed by atoms with Gasteiger partial charge in [-0.2, -0.15) is 0 Å². The molecule has 0 saturated heterocycles. The van der Waals surface area contributed by atoms with Crippen LogP contribution in [0.5, 0.6) is 11.5 Å². The Morgan fingerprint density at radius 2 is 2.06 bits per heavy atom. The average Bonchev–Trinajstić information content (AvgIpc) is 2.31. The Hall–Kier alpha value is -1.47. The van der Waals surface area contributed by atoms with Gasteiger partial charge in [-0.25, -0.2) is 0 Å². The van der Waals surface area contributed by atoms with E-state index in [4.69, 9.17) is 4.74 Å². The molecule has 1 aromatic heterocycles. The first kappa shape index (κ1) is 13.0. The second kappa shape index (κ2) is 5.45. The third-order valence-corrected chi connectivity index (χ3v) is 3.28. The Bertz CT molecular complexity index is 605. The number of benzene rings is 1. The van der Waals surface area contributed by atoms with Gasteiger partial charge in [-0.05, 0) is 44.0 Å². The molecule has 5 nitrogen and oxygen atoms in total. The molecule has 0 atom stereocenters. The highest BCUT2D eigenvalue weighted by Crippen LogP contribution is 2.36. The van der Waals surface area contributed by atoms with E-state index in [0.717, 1.165) is 4.47 Å². The average molecular weight is 374 g/mol. The SMILES string of the molecule is O=[N+]([O-])c1cccc(Oc2cncc(Br)c2)c1Br. The van der Waals surface area contributed by atoms with Crippen molar-refractivity contribution in [2.24, 2.45) is 0 Å². The van der Waals surface area contributed by atoms with Gasteiger partial charge in [-0.15, -0.1) is 0 Å². The van der Waals surface area contributed by atoms with E-state index in [2.05, 4.69) is 36.8 Å². The summed E-state index contributed by atoms with van der Waals surface area (Å²) in [6.07, 6.45) is 3.14. The van der Waals surface area contributed by atoms with Crippen molar-refractivity contribution in [3.8, 4) is 11.5 Å². The van der Waals surface area contributed by atoms with Crippen LogP contribution in [0, 0.1) is 10.1 Å². The molecule has 1 heterocycles. The van der Waals surface area contributed by atoms with E-state index in [0.29, 0.717) is 16.0 Å². The molecule has 1 aromatic carbocycles. The van der Waals surface area contributed by atoms with Crippen LogP contribution >= 0.6 is 31.9 Å². The van der Waals surface area contributed by atoms with Gasteiger partial charge in [0.15, 0.2) is 0 Å². The third kappa shape index (κ3) is 2.85. The Labute approximate surface area is 119 Å². The molecule has 0 N–H and O–H groups in total. The normalized spacial score (nSPS) is 10.1. The van der Waals surface area contributed by atoms with Crippen molar-refractivity contribution >= 4 is 37.5 Å². The topological polar surface area (TPSA) is 65.3 Å². The number of nitrogens with zero attached hydrogens (tertiary/aromatic N) is 2. The zero-order chi connectivity index (χ0) is 13.1. The first-order valence-corrected chi connectivity index (χ1v) is 6.38. The monoisotopic (exact) mass is 372 g/mol. The number of aromatic nitrogens is 1. The Morgan fingerprint density at radius 1 is 1.28 bits per heavy atom. The van der Waals surface area contributed by atoms with Crippen LogP contribution in [0.1, 0.15) is 0 Å². The highest BCUT2D eigenvalue weighted by Gasteiger charge is 2.16. The van der Waals surface area contributed by atoms with Crippen molar-refractivity contribution in [3.05, 3.63) is 55.7 Å². The van der Waals surface area contributed by atoms with E-state index < -0.39 is 4.92 Å². The molecule has 18 heavy (non-hydrogen) atoms. The van der Waals surface area contributed by atoms with Gasteiger partial charge in [-0.1, -0.05) is 6.07 Å². The Balaban J connectivity index is 2.35. The minimum absolute atomic E-state index is 0.0459. The molecule has 0 radical (unpaired) electrons. The number of hydrogen-bond acceptors (Lipinski definition) is 4. The predicted octanol–water partition coefficient (Wildman–Crippen LogP) is 4.31. The molecular weight excluding hydrogens is 368 g/mol. The molecule has 0 amide bonds. The fraction of sp³-hybridized carbons (Fsp3) is 0. The maximum Gasteiger partial charge on any atom is 0.287 e. The zero-order valence-electron chi connectivity index (χ0n) is 8.84. The maximum atomic E-state index is 10.8. The lowest BCUT2D eigenvalue weighted by atomic mass is 10.3. The fourth-order valence-electron chi connectivity index (χ4n) is 1.29. The summed E-state index contributed by atoms with van der Waals surface area (Å²) in [5, 5.41) is 10.8. The molecule has 0 aliphatic rings. The number of rotatable bonds is 3. The van der Waals surface area contributed by atoms with Gasteiger partial charge in [-0.3, -0.25) is 15.1 Å². The second-order valence-electron chi connectivity index (χ2n) is 3.29. The van der Waals surface area contributed by atoms with E-state index in [1.165, 1.54) is 12.3 Å².